The van der Waals surface area contributed by atoms with Gasteiger partial charge in [-0.2, -0.15) is 23.9 Å². The number of halogens is 1. The largest absolute Gasteiger partial charge is 0.394 e. The van der Waals surface area contributed by atoms with Crippen molar-refractivity contribution < 1.29 is 32.7 Å². The fourth-order valence-electron chi connectivity index (χ4n) is 0.783. The molecule has 0 aromatic carbocycles. The van der Waals surface area contributed by atoms with E-state index >= 15 is 0 Å². The average molecular weight is 290 g/mol. The quantitative estimate of drug-likeness (QED) is 0.470. The zero-order chi connectivity index (χ0) is 8.65. The zero-order valence-corrected chi connectivity index (χ0v) is 11.8. The van der Waals surface area contributed by atoms with Crippen LogP contribution in [0.2, 0.25) is 0 Å². The van der Waals surface area contributed by atoms with Crippen molar-refractivity contribution in [2.75, 3.05) is 11.6 Å². The first-order valence-electron chi connectivity index (χ1n) is 3.88. The summed E-state index contributed by atoms with van der Waals surface area (Å²) in [5.41, 5.74) is 1.26. The number of hydrogen-bond acceptors (Lipinski definition) is 2. The molecular formula is C9H11ClNSY-. The van der Waals surface area contributed by atoms with E-state index in [2.05, 4.69) is 11.2 Å². The van der Waals surface area contributed by atoms with Crippen molar-refractivity contribution in [2.24, 2.45) is 0 Å². The minimum atomic E-state index is 0. The molecule has 0 N–H and O–H groups in total. The molecule has 0 aliphatic carbocycles. The van der Waals surface area contributed by atoms with Crippen LogP contribution in [-0.4, -0.2) is 16.6 Å². The monoisotopic (exact) mass is 289 g/mol. The van der Waals surface area contributed by atoms with Crippen LogP contribution in [0.25, 0.3) is 0 Å². The fourth-order valence-corrected chi connectivity index (χ4v) is 1.97. The van der Waals surface area contributed by atoms with Crippen molar-refractivity contribution in [1.82, 2.24) is 4.98 Å². The first-order valence-corrected chi connectivity index (χ1v) is 5.57. The molecule has 0 unspecified atom stereocenters. The van der Waals surface area contributed by atoms with Gasteiger partial charge in [0.15, 0.2) is 0 Å². The van der Waals surface area contributed by atoms with Gasteiger partial charge in [0.05, 0.1) is 0 Å². The van der Waals surface area contributed by atoms with Gasteiger partial charge in [-0.1, -0.05) is 12.4 Å². The molecule has 1 nitrogen and oxygen atoms in total. The van der Waals surface area contributed by atoms with Crippen LogP contribution >= 0.6 is 23.4 Å². The molecule has 1 radical (unpaired) electrons. The molecule has 0 amide bonds. The first kappa shape index (κ1) is 13.9. The number of thioether (sulfide) groups is 1. The molecule has 1 aromatic heterocycles. The Balaban J connectivity index is 0.00000144. The van der Waals surface area contributed by atoms with Gasteiger partial charge in [-0.25, -0.2) is 0 Å². The van der Waals surface area contributed by atoms with E-state index in [0.29, 0.717) is 0 Å². The van der Waals surface area contributed by atoms with Crippen LogP contribution in [0.1, 0.15) is 12.0 Å². The van der Waals surface area contributed by atoms with E-state index in [9.17, 15) is 0 Å². The third kappa shape index (κ3) is 6.90. The van der Waals surface area contributed by atoms with E-state index in [1.807, 2.05) is 30.1 Å². The van der Waals surface area contributed by atoms with Gasteiger partial charge in [-0.3, -0.25) is 0 Å². The number of nitrogens with zero attached hydrogens (tertiary/aromatic N) is 1. The van der Waals surface area contributed by atoms with E-state index in [-0.39, 0.29) is 32.7 Å². The molecule has 0 saturated carbocycles. The van der Waals surface area contributed by atoms with Crippen molar-refractivity contribution in [1.29, 1.82) is 0 Å². The Morgan fingerprint density at radius 2 is 2.38 bits per heavy atom. The Morgan fingerprint density at radius 3 is 3.00 bits per heavy atom. The second-order valence-corrected chi connectivity index (χ2v) is 3.87. The Labute approximate surface area is 114 Å². The minimum absolute atomic E-state index is 0. The van der Waals surface area contributed by atoms with Crippen LogP contribution in [-0.2, 0) is 38.5 Å². The van der Waals surface area contributed by atoms with Crippen LogP contribution in [0.3, 0.4) is 0 Å². The van der Waals surface area contributed by atoms with Crippen molar-refractivity contribution in [3.05, 3.63) is 30.1 Å². The van der Waals surface area contributed by atoms with Crippen molar-refractivity contribution in [3.8, 4) is 0 Å². The molecule has 0 aliphatic rings. The van der Waals surface area contributed by atoms with Gasteiger partial charge in [0.2, 0.25) is 0 Å². The van der Waals surface area contributed by atoms with E-state index in [1.54, 1.807) is 0 Å². The second kappa shape index (κ2) is 9.45. The van der Waals surface area contributed by atoms with E-state index in [4.69, 9.17) is 11.6 Å². The number of rotatable bonds is 5. The van der Waals surface area contributed by atoms with Gasteiger partial charge in [-0.05, 0) is 17.9 Å². The van der Waals surface area contributed by atoms with E-state index < -0.39 is 0 Å². The smallest absolute Gasteiger partial charge is 0.0231 e. The molecule has 13 heavy (non-hydrogen) atoms. The van der Waals surface area contributed by atoms with Crippen molar-refractivity contribution in [2.45, 2.75) is 12.2 Å². The summed E-state index contributed by atoms with van der Waals surface area (Å²) in [5.74, 6) is 2.91. The number of alkyl halides is 1. The fraction of sp³-hybridized carbons (Fsp3) is 0.444. The molecule has 1 aromatic rings. The maximum absolute atomic E-state index is 5.55. The van der Waals surface area contributed by atoms with Crippen LogP contribution in [0.4, 0.5) is 0 Å². The van der Waals surface area contributed by atoms with Crippen molar-refractivity contribution in [3.63, 3.8) is 0 Å². The molecule has 1 rings (SSSR count). The summed E-state index contributed by atoms with van der Waals surface area (Å²) in [6.07, 6.45) is 5.69. The molecular weight excluding hydrogens is 279 g/mol. The number of pyridine rings is 1. The zero-order valence-electron chi connectivity index (χ0n) is 7.37. The third-order valence-electron chi connectivity index (χ3n) is 1.37. The average Bonchev–Trinajstić information content (AvgIpc) is 2.14. The summed E-state index contributed by atoms with van der Waals surface area (Å²) < 4.78 is 0. The van der Waals surface area contributed by atoms with Gasteiger partial charge in [-0.15, -0.1) is 17.2 Å². The molecule has 4 heteroatoms. The Hall–Kier alpha value is 0.894. The molecule has 0 bridgehead atoms. The maximum atomic E-state index is 5.55. The normalized spacial score (nSPS) is 9.31. The Morgan fingerprint density at radius 1 is 1.54 bits per heavy atom. The standard InChI is InChI=1S/C9H11ClNS.Y/c10-4-2-6-12-8-9-3-1-5-11-7-9;/h1,3,7H,2,4,6,8H2;/q-1;. The molecule has 0 spiro atoms. The van der Waals surface area contributed by atoms with Gasteiger partial charge in [0, 0.05) is 38.6 Å². The van der Waals surface area contributed by atoms with Gasteiger partial charge in [0.1, 0.15) is 0 Å². The third-order valence-corrected chi connectivity index (χ3v) is 2.75. The predicted octanol–water partition coefficient (Wildman–Crippen LogP) is 2.74. The summed E-state index contributed by atoms with van der Waals surface area (Å²) in [6, 6.07) is 3.89. The minimum Gasteiger partial charge on any atom is -0.394 e. The van der Waals surface area contributed by atoms with Gasteiger partial charge >= 0.3 is 0 Å². The number of aromatic nitrogens is 1. The summed E-state index contributed by atoms with van der Waals surface area (Å²) in [4.78, 5) is 3.92. The number of hydrogen-bond donors (Lipinski definition) is 0. The SMILES string of the molecule is ClCCCSCc1cc[c-]nc1.[Y]. The summed E-state index contributed by atoms with van der Waals surface area (Å²) >= 11 is 7.45. The van der Waals surface area contributed by atoms with Crippen molar-refractivity contribution >= 4 is 23.4 Å². The topological polar surface area (TPSA) is 12.9 Å². The predicted molar refractivity (Wildman–Crippen MR) is 54.6 cm³/mol. The molecule has 69 valence electrons. The maximum Gasteiger partial charge on any atom is 0.0231 e. The molecule has 1 heterocycles. The van der Waals surface area contributed by atoms with Gasteiger partial charge < -0.3 is 4.98 Å². The van der Waals surface area contributed by atoms with Gasteiger partial charge in [0.25, 0.3) is 0 Å². The summed E-state index contributed by atoms with van der Waals surface area (Å²) in [7, 11) is 0. The second-order valence-electron chi connectivity index (χ2n) is 2.39. The van der Waals surface area contributed by atoms with Crippen LogP contribution in [0.15, 0.2) is 18.3 Å². The summed E-state index contributed by atoms with van der Waals surface area (Å²) in [5, 5.41) is 0. The molecule has 0 saturated heterocycles. The Bertz CT molecular complexity index is 208. The summed E-state index contributed by atoms with van der Waals surface area (Å²) in [6.45, 7) is 0. The van der Waals surface area contributed by atoms with E-state index in [1.165, 1.54) is 5.56 Å². The first-order chi connectivity index (χ1) is 5.93. The van der Waals surface area contributed by atoms with Crippen LogP contribution in [0, 0.1) is 6.20 Å². The molecule has 0 atom stereocenters. The van der Waals surface area contributed by atoms with Crippen LogP contribution in [0.5, 0.6) is 0 Å². The van der Waals surface area contributed by atoms with Crippen LogP contribution < -0.4 is 0 Å². The molecule has 0 fully saturated rings. The molecule has 0 aliphatic heterocycles. The Kier molecular flexibility index (Phi) is 10.1. The van der Waals surface area contributed by atoms with E-state index in [0.717, 1.165) is 23.8 Å².